The number of carbonyl (C=O) groups excluding carboxylic acids is 2. The quantitative estimate of drug-likeness (QED) is 0.814. The first kappa shape index (κ1) is 16.9. The molecular formula is C19H25FN2O2. The minimum absolute atomic E-state index is 0.00359. The Morgan fingerprint density at radius 2 is 1.92 bits per heavy atom. The third-order valence-electron chi connectivity index (χ3n) is 5.02. The monoisotopic (exact) mass is 332 g/mol. The van der Waals surface area contributed by atoms with Crippen LogP contribution in [-0.4, -0.2) is 36.3 Å². The molecule has 1 aliphatic heterocycles. The van der Waals surface area contributed by atoms with Crippen LogP contribution in [0.15, 0.2) is 24.3 Å². The molecule has 130 valence electrons. The first-order valence-corrected chi connectivity index (χ1v) is 8.92. The molecule has 0 spiro atoms. The van der Waals surface area contributed by atoms with E-state index in [-0.39, 0.29) is 35.4 Å². The van der Waals surface area contributed by atoms with Crippen LogP contribution < -0.4 is 5.32 Å². The van der Waals surface area contributed by atoms with Crippen LogP contribution in [0.5, 0.6) is 0 Å². The topological polar surface area (TPSA) is 49.4 Å². The van der Waals surface area contributed by atoms with Crippen molar-refractivity contribution in [1.29, 1.82) is 0 Å². The predicted octanol–water partition coefficient (Wildman–Crippen LogP) is 2.69. The molecule has 1 saturated heterocycles. The van der Waals surface area contributed by atoms with Crippen LogP contribution in [0.3, 0.4) is 0 Å². The zero-order valence-electron chi connectivity index (χ0n) is 14.1. The second kappa shape index (κ2) is 7.32. The number of nitrogens with zero attached hydrogens (tertiary/aromatic N) is 1. The Kier molecular flexibility index (Phi) is 5.17. The highest BCUT2D eigenvalue weighted by atomic mass is 19.1. The Hall–Kier alpha value is -1.91. The van der Waals surface area contributed by atoms with Crippen molar-refractivity contribution in [3.63, 3.8) is 0 Å². The highest BCUT2D eigenvalue weighted by Crippen LogP contribution is 2.37. The maximum atomic E-state index is 13.2. The van der Waals surface area contributed by atoms with E-state index in [1.165, 1.54) is 12.1 Å². The molecule has 3 rings (SSSR count). The normalized spacial score (nSPS) is 23.3. The molecule has 1 saturated carbocycles. The molecule has 2 atom stereocenters. The average Bonchev–Trinajstić information content (AvgIpc) is 3.33. The molecule has 5 heteroatoms. The van der Waals surface area contributed by atoms with Crippen molar-refractivity contribution in [1.82, 2.24) is 10.2 Å². The van der Waals surface area contributed by atoms with Gasteiger partial charge >= 0.3 is 0 Å². The minimum atomic E-state index is -0.286. The zero-order chi connectivity index (χ0) is 17.1. The fourth-order valence-electron chi connectivity index (χ4n) is 3.41. The number of likely N-dealkylation sites (tertiary alicyclic amines) is 1. The molecule has 2 amide bonds. The van der Waals surface area contributed by atoms with Crippen LogP contribution in [-0.2, 0) is 9.59 Å². The lowest BCUT2D eigenvalue weighted by atomic mass is 9.88. The molecule has 1 N–H and O–H groups in total. The summed E-state index contributed by atoms with van der Waals surface area (Å²) in [6.45, 7) is 3.76. The van der Waals surface area contributed by atoms with Gasteiger partial charge in [-0.15, -0.1) is 0 Å². The average molecular weight is 332 g/mol. The Balaban J connectivity index is 1.74. The van der Waals surface area contributed by atoms with Gasteiger partial charge < -0.3 is 10.2 Å². The van der Waals surface area contributed by atoms with Crippen molar-refractivity contribution >= 4 is 11.8 Å². The molecule has 24 heavy (non-hydrogen) atoms. The lowest BCUT2D eigenvalue weighted by Gasteiger charge is -2.18. The summed E-state index contributed by atoms with van der Waals surface area (Å²) in [5, 5.41) is 2.99. The van der Waals surface area contributed by atoms with Crippen molar-refractivity contribution in [3.05, 3.63) is 35.6 Å². The molecule has 2 fully saturated rings. The van der Waals surface area contributed by atoms with Crippen LogP contribution >= 0.6 is 0 Å². The van der Waals surface area contributed by atoms with E-state index >= 15 is 0 Å². The first-order valence-electron chi connectivity index (χ1n) is 8.92. The standard InChI is InChI=1S/C19H25FN2O2/c1-2-3-10-21-18(23)17-12-22(19(24)14-4-5-14)11-16(17)13-6-8-15(20)9-7-13/h6-9,14,16-17H,2-5,10-12H2,1H3,(H,21,23). The Bertz CT molecular complexity index is 598. The van der Waals surface area contributed by atoms with Gasteiger partial charge in [-0.2, -0.15) is 0 Å². The Morgan fingerprint density at radius 1 is 1.21 bits per heavy atom. The van der Waals surface area contributed by atoms with Gasteiger partial charge in [0.05, 0.1) is 5.92 Å². The summed E-state index contributed by atoms with van der Waals surface area (Å²) >= 11 is 0. The lowest BCUT2D eigenvalue weighted by molar-refractivity contribution is -0.132. The Labute approximate surface area is 142 Å². The summed E-state index contributed by atoms with van der Waals surface area (Å²) in [5.74, 6) is -0.271. The summed E-state index contributed by atoms with van der Waals surface area (Å²) < 4.78 is 13.2. The van der Waals surface area contributed by atoms with Crippen molar-refractivity contribution < 1.29 is 14.0 Å². The van der Waals surface area contributed by atoms with E-state index in [0.717, 1.165) is 31.2 Å². The number of unbranched alkanes of at least 4 members (excludes halogenated alkanes) is 1. The van der Waals surface area contributed by atoms with Gasteiger partial charge in [-0.1, -0.05) is 25.5 Å². The first-order chi connectivity index (χ1) is 11.6. The summed E-state index contributed by atoms with van der Waals surface area (Å²) in [4.78, 5) is 26.8. The number of benzene rings is 1. The second-order valence-corrected chi connectivity index (χ2v) is 6.93. The fraction of sp³-hybridized carbons (Fsp3) is 0.579. The maximum Gasteiger partial charge on any atom is 0.225 e. The van der Waals surface area contributed by atoms with E-state index in [2.05, 4.69) is 12.2 Å². The van der Waals surface area contributed by atoms with Crippen LogP contribution in [0.25, 0.3) is 0 Å². The third-order valence-corrected chi connectivity index (χ3v) is 5.02. The van der Waals surface area contributed by atoms with E-state index in [9.17, 15) is 14.0 Å². The van der Waals surface area contributed by atoms with E-state index in [1.807, 2.05) is 4.90 Å². The molecule has 2 aliphatic rings. The number of amides is 2. The number of hydrogen-bond donors (Lipinski definition) is 1. The van der Waals surface area contributed by atoms with Gasteiger partial charge in [-0.3, -0.25) is 9.59 Å². The molecule has 4 nitrogen and oxygen atoms in total. The number of halogens is 1. The van der Waals surface area contributed by atoms with Crippen LogP contribution in [0, 0.1) is 17.7 Å². The highest BCUT2D eigenvalue weighted by Gasteiger charge is 2.43. The van der Waals surface area contributed by atoms with Crippen molar-refractivity contribution in [2.24, 2.45) is 11.8 Å². The van der Waals surface area contributed by atoms with Gasteiger partial charge in [0.25, 0.3) is 0 Å². The molecule has 1 aliphatic carbocycles. The van der Waals surface area contributed by atoms with Gasteiger partial charge in [0, 0.05) is 31.5 Å². The summed E-state index contributed by atoms with van der Waals surface area (Å²) in [5.41, 5.74) is 0.929. The smallest absolute Gasteiger partial charge is 0.225 e. The van der Waals surface area contributed by atoms with Crippen molar-refractivity contribution in [2.75, 3.05) is 19.6 Å². The molecule has 1 aromatic carbocycles. The van der Waals surface area contributed by atoms with E-state index in [0.29, 0.717) is 19.6 Å². The molecule has 0 aromatic heterocycles. The van der Waals surface area contributed by atoms with Gasteiger partial charge in [0.15, 0.2) is 0 Å². The highest BCUT2D eigenvalue weighted by molar-refractivity contribution is 5.85. The minimum Gasteiger partial charge on any atom is -0.356 e. The van der Waals surface area contributed by atoms with Gasteiger partial charge in [0.2, 0.25) is 11.8 Å². The summed E-state index contributed by atoms with van der Waals surface area (Å²) in [6.07, 6.45) is 3.90. The lowest BCUT2D eigenvalue weighted by Crippen LogP contribution is -2.36. The number of nitrogens with one attached hydrogen (secondary N) is 1. The van der Waals surface area contributed by atoms with Crippen LogP contribution in [0.1, 0.15) is 44.1 Å². The fourth-order valence-corrected chi connectivity index (χ4v) is 3.41. The molecule has 1 aromatic rings. The summed E-state index contributed by atoms with van der Waals surface area (Å²) in [7, 11) is 0. The number of hydrogen-bond acceptors (Lipinski definition) is 2. The molecular weight excluding hydrogens is 307 g/mol. The molecule has 1 heterocycles. The SMILES string of the molecule is CCCCNC(=O)C1CN(C(=O)C2CC2)CC1c1ccc(F)cc1. The third kappa shape index (κ3) is 3.77. The molecule has 2 unspecified atom stereocenters. The number of rotatable bonds is 6. The Morgan fingerprint density at radius 3 is 2.54 bits per heavy atom. The van der Waals surface area contributed by atoms with Gasteiger partial charge in [-0.05, 0) is 37.0 Å². The molecule has 0 bridgehead atoms. The van der Waals surface area contributed by atoms with Crippen molar-refractivity contribution in [2.45, 2.75) is 38.5 Å². The predicted molar refractivity (Wildman–Crippen MR) is 89.9 cm³/mol. The van der Waals surface area contributed by atoms with Gasteiger partial charge in [-0.25, -0.2) is 4.39 Å². The van der Waals surface area contributed by atoms with Crippen LogP contribution in [0.2, 0.25) is 0 Å². The number of carbonyl (C=O) groups is 2. The van der Waals surface area contributed by atoms with E-state index < -0.39 is 0 Å². The van der Waals surface area contributed by atoms with E-state index in [1.54, 1.807) is 12.1 Å². The molecule has 0 radical (unpaired) electrons. The summed E-state index contributed by atoms with van der Waals surface area (Å²) in [6, 6.07) is 6.31. The van der Waals surface area contributed by atoms with E-state index in [4.69, 9.17) is 0 Å². The zero-order valence-corrected chi connectivity index (χ0v) is 14.1. The van der Waals surface area contributed by atoms with Crippen molar-refractivity contribution in [3.8, 4) is 0 Å². The van der Waals surface area contributed by atoms with Crippen LogP contribution in [0.4, 0.5) is 4.39 Å². The maximum absolute atomic E-state index is 13.2. The van der Waals surface area contributed by atoms with Gasteiger partial charge in [0.1, 0.15) is 5.82 Å². The second-order valence-electron chi connectivity index (χ2n) is 6.93. The largest absolute Gasteiger partial charge is 0.356 e.